The van der Waals surface area contributed by atoms with E-state index >= 15 is 0 Å². The summed E-state index contributed by atoms with van der Waals surface area (Å²) in [6, 6.07) is 4.32. The molecule has 1 atom stereocenters. The highest BCUT2D eigenvalue weighted by Crippen LogP contribution is 2.46. The van der Waals surface area contributed by atoms with E-state index in [1.807, 2.05) is 20.0 Å². The lowest BCUT2D eigenvalue weighted by Gasteiger charge is -2.62. The van der Waals surface area contributed by atoms with E-state index in [9.17, 15) is 0 Å². The van der Waals surface area contributed by atoms with Crippen molar-refractivity contribution in [3.63, 3.8) is 0 Å². The molecule has 6 nitrogen and oxygen atoms in total. The van der Waals surface area contributed by atoms with Gasteiger partial charge in [-0.3, -0.25) is 9.89 Å². The largest absolute Gasteiger partial charge is 0.465 e. The highest BCUT2D eigenvalue weighted by atomic mass is 16.5. The third kappa shape index (κ3) is 3.49. The third-order valence-electron chi connectivity index (χ3n) is 6.38. The predicted octanol–water partition coefficient (Wildman–Crippen LogP) is 2.66. The van der Waals surface area contributed by atoms with Gasteiger partial charge in [-0.1, -0.05) is 13.8 Å². The molecule has 0 aliphatic carbocycles. The summed E-state index contributed by atoms with van der Waals surface area (Å²) in [5, 5.41) is 3.60. The first-order valence-corrected chi connectivity index (χ1v) is 9.63. The Bertz CT molecular complexity index is 644. The van der Waals surface area contributed by atoms with Crippen LogP contribution in [0.5, 0.6) is 0 Å². The molecule has 1 aromatic rings. The summed E-state index contributed by atoms with van der Waals surface area (Å²) in [5.41, 5.74) is 0.372. The monoisotopic (exact) mass is 362 g/mol. The molecule has 26 heavy (non-hydrogen) atoms. The molecular weight excluding hydrogens is 328 g/mol. The van der Waals surface area contributed by atoms with Gasteiger partial charge in [-0.05, 0) is 32.9 Å². The lowest BCUT2D eigenvalue weighted by molar-refractivity contribution is -0.0671. The van der Waals surface area contributed by atoms with E-state index in [0.29, 0.717) is 0 Å². The zero-order valence-corrected chi connectivity index (χ0v) is 17.1. The van der Waals surface area contributed by atoms with Gasteiger partial charge in [0.05, 0.1) is 19.3 Å². The SMILES string of the molecule is CN=C(NCC(c1ccc(C)o1)N1CCOCC1)N1CC(C)(C)C1(C)C. The minimum Gasteiger partial charge on any atom is -0.465 e. The first-order chi connectivity index (χ1) is 12.3. The molecule has 0 radical (unpaired) electrons. The highest BCUT2D eigenvalue weighted by molar-refractivity contribution is 5.82. The topological polar surface area (TPSA) is 53.2 Å². The standard InChI is InChI=1S/C20H34N4O2/c1-15-7-8-17(26-15)16(23-9-11-25-12-10-23)13-22-18(21-6)24-14-19(2,3)20(24,4)5/h7-8,16H,9-14H2,1-6H3,(H,21,22). The van der Waals surface area contributed by atoms with Crippen molar-refractivity contribution in [2.24, 2.45) is 10.4 Å². The predicted molar refractivity (Wildman–Crippen MR) is 105 cm³/mol. The van der Waals surface area contributed by atoms with Gasteiger partial charge in [-0.25, -0.2) is 0 Å². The molecule has 0 aromatic carbocycles. The number of ether oxygens (including phenoxy) is 1. The number of furan rings is 1. The van der Waals surface area contributed by atoms with E-state index in [1.54, 1.807) is 0 Å². The lowest BCUT2D eigenvalue weighted by atomic mass is 9.65. The van der Waals surface area contributed by atoms with Crippen LogP contribution < -0.4 is 5.32 Å². The van der Waals surface area contributed by atoms with Crippen LogP contribution >= 0.6 is 0 Å². The second-order valence-electron chi connectivity index (χ2n) is 8.57. The number of nitrogens with zero attached hydrogens (tertiary/aromatic N) is 3. The fraction of sp³-hybridized carbons (Fsp3) is 0.750. The molecule has 3 rings (SSSR count). The Labute approximate surface area is 157 Å². The Kier molecular flexibility index (Phi) is 5.35. The number of hydrogen-bond donors (Lipinski definition) is 1. The number of aryl methyl sites for hydroxylation is 1. The van der Waals surface area contributed by atoms with Gasteiger partial charge in [-0.15, -0.1) is 0 Å². The van der Waals surface area contributed by atoms with Gasteiger partial charge in [0, 0.05) is 44.2 Å². The number of likely N-dealkylation sites (tertiary alicyclic amines) is 1. The summed E-state index contributed by atoms with van der Waals surface area (Å²) in [6.07, 6.45) is 0. The number of nitrogens with one attached hydrogen (secondary N) is 1. The molecule has 6 heteroatoms. The van der Waals surface area contributed by atoms with Gasteiger partial charge in [0.15, 0.2) is 5.96 Å². The van der Waals surface area contributed by atoms with Crippen LogP contribution in [0.3, 0.4) is 0 Å². The van der Waals surface area contributed by atoms with Gasteiger partial charge in [-0.2, -0.15) is 0 Å². The number of guanidine groups is 1. The summed E-state index contributed by atoms with van der Waals surface area (Å²) in [5.74, 6) is 2.93. The van der Waals surface area contributed by atoms with E-state index in [-0.39, 0.29) is 17.0 Å². The van der Waals surface area contributed by atoms with E-state index in [0.717, 1.165) is 56.9 Å². The van der Waals surface area contributed by atoms with Crippen molar-refractivity contribution < 1.29 is 9.15 Å². The maximum atomic E-state index is 5.96. The number of morpholine rings is 1. The summed E-state index contributed by atoms with van der Waals surface area (Å²) < 4.78 is 11.5. The van der Waals surface area contributed by atoms with Crippen LogP contribution in [0.1, 0.15) is 45.3 Å². The highest BCUT2D eigenvalue weighted by Gasteiger charge is 2.53. The Morgan fingerprint density at radius 1 is 1.23 bits per heavy atom. The van der Waals surface area contributed by atoms with Crippen LogP contribution in [0.2, 0.25) is 0 Å². The molecule has 2 aliphatic rings. The average Bonchev–Trinajstić information content (AvgIpc) is 3.04. The maximum Gasteiger partial charge on any atom is 0.194 e. The molecule has 2 saturated heterocycles. The molecule has 1 N–H and O–H groups in total. The fourth-order valence-corrected chi connectivity index (χ4v) is 3.81. The van der Waals surface area contributed by atoms with Crippen molar-refractivity contribution in [3.8, 4) is 0 Å². The smallest absolute Gasteiger partial charge is 0.194 e. The molecule has 2 aliphatic heterocycles. The summed E-state index contributed by atoms with van der Waals surface area (Å²) in [6.45, 7) is 16.4. The molecular formula is C20H34N4O2. The summed E-state index contributed by atoms with van der Waals surface area (Å²) in [4.78, 5) is 9.35. The van der Waals surface area contributed by atoms with Crippen molar-refractivity contribution in [2.45, 2.75) is 46.2 Å². The molecule has 1 unspecified atom stereocenters. The fourth-order valence-electron chi connectivity index (χ4n) is 3.81. The van der Waals surface area contributed by atoms with Gasteiger partial charge in [0.1, 0.15) is 11.5 Å². The molecule has 0 saturated carbocycles. The zero-order chi connectivity index (χ0) is 18.9. The van der Waals surface area contributed by atoms with Crippen LogP contribution in [-0.2, 0) is 4.74 Å². The van der Waals surface area contributed by atoms with Crippen LogP contribution in [0.15, 0.2) is 21.5 Å². The molecule has 146 valence electrons. The number of rotatable bonds is 4. The number of aliphatic imine (C=N–C) groups is 1. The van der Waals surface area contributed by atoms with Crippen molar-refractivity contribution in [2.75, 3.05) is 46.4 Å². The first kappa shape index (κ1) is 19.2. The van der Waals surface area contributed by atoms with Crippen LogP contribution in [0.4, 0.5) is 0 Å². The summed E-state index contributed by atoms with van der Waals surface area (Å²) >= 11 is 0. The summed E-state index contributed by atoms with van der Waals surface area (Å²) in [7, 11) is 1.87. The van der Waals surface area contributed by atoms with Gasteiger partial charge in [0.2, 0.25) is 0 Å². The minimum absolute atomic E-state index is 0.0879. The van der Waals surface area contributed by atoms with Crippen LogP contribution in [-0.4, -0.2) is 67.7 Å². The Hall–Kier alpha value is -1.53. The van der Waals surface area contributed by atoms with E-state index in [4.69, 9.17) is 9.15 Å². The van der Waals surface area contributed by atoms with E-state index in [2.05, 4.69) is 53.9 Å². The molecule has 0 amide bonds. The Balaban J connectivity index is 1.71. The average molecular weight is 363 g/mol. The van der Waals surface area contributed by atoms with Crippen LogP contribution in [0, 0.1) is 12.3 Å². The molecule has 0 bridgehead atoms. The third-order valence-corrected chi connectivity index (χ3v) is 6.38. The molecule has 2 fully saturated rings. The maximum absolute atomic E-state index is 5.96. The van der Waals surface area contributed by atoms with Crippen molar-refractivity contribution in [1.29, 1.82) is 0 Å². The minimum atomic E-state index is 0.0879. The quantitative estimate of drug-likeness (QED) is 0.659. The second-order valence-corrected chi connectivity index (χ2v) is 8.57. The Morgan fingerprint density at radius 2 is 1.92 bits per heavy atom. The van der Waals surface area contributed by atoms with E-state index in [1.165, 1.54) is 0 Å². The van der Waals surface area contributed by atoms with Crippen LogP contribution in [0.25, 0.3) is 0 Å². The molecule has 1 aromatic heterocycles. The molecule has 3 heterocycles. The second kappa shape index (κ2) is 7.24. The van der Waals surface area contributed by atoms with Crippen molar-refractivity contribution in [3.05, 3.63) is 23.7 Å². The Morgan fingerprint density at radius 3 is 2.42 bits per heavy atom. The van der Waals surface area contributed by atoms with Gasteiger partial charge >= 0.3 is 0 Å². The first-order valence-electron chi connectivity index (χ1n) is 9.63. The van der Waals surface area contributed by atoms with E-state index < -0.39 is 0 Å². The van der Waals surface area contributed by atoms with Crippen molar-refractivity contribution in [1.82, 2.24) is 15.1 Å². The van der Waals surface area contributed by atoms with Crippen molar-refractivity contribution >= 4 is 5.96 Å². The zero-order valence-electron chi connectivity index (χ0n) is 17.1. The lowest BCUT2D eigenvalue weighted by Crippen LogP contribution is -2.72. The number of hydrogen-bond acceptors (Lipinski definition) is 4. The van der Waals surface area contributed by atoms with Gasteiger partial charge < -0.3 is 19.4 Å². The molecule has 0 spiro atoms. The van der Waals surface area contributed by atoms with Gasteiger partial charge in [0.25, 0.3) is 0 Å². The normalized spacial score (nSPS) is 24.2.